The lowest BCUT2D eigenvalue weighted by atomic mass is 10.0. The topological polar surface area (TPSA) is 15.3 Å². The summed E-state index contributed by atoms with van der Waals surface area (Å²) >= 11 is 0. The third kappa shape index (κ3) is 3.18. The molecule has 1 saturated carbocycles. The molecule has 0 bridgehead atoms. The number of piperazine rings is 1. The zero-order valence-corrected chi connectivity index (χ0v) is 12.2. The molecule has 2 nitrogen and oxygen atoms in total. The fraction of sp³-hybridized carbons (Fsp3) is 0.647. The minimum atomic E-state index is 0.700. The van der Waals surface area contributed by atoms with Crippen molar-refractivity contribution in [2.45, 2.75) is 44.7 Å². The van der Waals surface area contributed by atoms with Crippen molar-refractivity contribution in [1.29, 1.82) is 0 Å². The number of nitrogens with one attached hydrogen (secondary N) is 1. The zero-order valence-electron chi connectivity index (χ0n) is 12.2. The highest BCUT2D eigenvalue weighted by atomic mass is 15.2. The van der Waals surface area contributed by atoms with Crippen LogP contribution in [-0.4, -0.2) is 36.6 Å². The van der Waals surface area contributed by atoms with Gasteiger partial charge in [-0.1, -0.05) is 44.2 Å². The van der Waals surface area contributed by atoms with E-state index >= 15 is 0 Å². The molecule has 3 atom stereocenters. The van der Waals surface area contributed by atoms with E-state index in [9.17, 15) is 0 Å². The number of hydrogen-bond acceptors (Lipinski definition) is 2. The number of nitrogens with zero attached hydrogens (tertiary/aromatic N) is 1. The van der Waals surface area contributed by atoms with Crippen LogP contribution in [0.25, 0.3) is 0 Å². The molecule has 1 aromatic rings. The molecule has 2 fully saturated rings. The first-order valence-corrected chi connectivity index (χ1v) is 7.76. The Labute approximate surface area is 117 Å². The van der Waals surface area contributed by atoms with E-state index in [0.29, 0.717) is 6.04 Å². The molecular formula is C17H26N2. The summed E-state index contributed by atoms with van der Waals surface area (Å²) < 4.78 is 0. The Morgan fingerprint density at radius 1 is 1.26 bits per heavy atom. The lowest BCUT2D eigenvalue weighted by molar-refractivity contribution is 0.176. The van der Waals surface area contributed by atoms with Gasteiger partial charge >= 0.3 is 0 Å². The third-order valence-electron chi connectivity index (χ3n) is 4.50. The van der Waals surface area contributed by atoms with Crippen LogP contribution in [-0.2, 0) is 0 Å². The van der Waals surface area contributed by atoms with Crippen molar-refractivity contribution in [2.24, 2.45) is 5.92 Å². The van der Waals surface area contributed by atoms with Crippen LogP contribution < -0.4 is 5.32 Å². The van der Waals surface area contributed by atoms with Crippen LogP contribution in [0.1, 0.15) is 38.2 Å². The Morgan fingerprint density at radius 3 is 2.79 bits per heavy atom. The largest absolute Gasteiger partial charge is 0.311 e. The highest BCUT2D eigenvalue weighted by molar-refractivity contribution is 5.28. The lowest BCUT2D eigenvalue weighted by Crippen LogP contribution is -2.51. The summed E-state index contributed by atoms with van der Waals surface area (Å²) in [6.45, 7) is 8.28. The van der Waals surface area contributed by atoms with E-state index < -0.39 is 0 Å². The average Bonchev–Trinajstić information content (AvgIpc) is 3.19. The Kier molecular flexibility index (Phi) is 3.90. The maximum Gasteiger partial charge on any atom is 0.0198 e. The molecule has 2 aliphatic rings. The van der Waals surface area contributed by atoms with Gasteiger partial charge < -0.3 is 5.32 Å². The van der Waals surface area contributed by atoms with Crippen LogP contribution in [0, 0.1) is 5.92 Å². The highest BCUT2D eigenvalue weighted by Gasteiger charge is 2.43. The van der Waals surface area contributed by atoms with Gasteiger partial charge in [-0.25, -0.2) is 0 Å². The quantitative estimate of drug-likeness (QED) is 0.893. The summed E-state index contributed by atoms with van der Waals surface area (Å²) in [6, 6.07) is 12.5. The minimum Gasteiger partial charge on any atom is -0.311 e. The van der Waals surface area contributed by atoms with Gasteiger partial charge in [0.05, 0.1) is 0 Å². The molecule has 0 aromatic heterocycles. The van der Waals surface area contributed by atoms with Crippen molar-refractivity contribution in [3.8, 4) is 0 Å². The Bertz CT molecular complexity index is 401. The first kappa shape index (κ1) is 13.1. The lowest BCUT2D eigenvalue weighted by Gasteiger charge is -2.35. The predicted octanol–water partition coefficient (Wildman–Crippen LogP) is 2.86. The standard InChI is InChI=1S/C17H26N2/c1-13(2)10-15-12-19(9-8-18-15)17-11-16(17)14-6-4-3-5-7-14/h3-7,13,15-18H,8-12H2,1-2H3. The summed E-state index contributed by atoms with van der Waals surface area (Å²) in [5, 5.41) is 3.68. The monoisotopic (exact) mass is 258 g/mol. The molecule has 1 N–H and O–H groups in total. The molecule has 0 radical (unpaired) electrons. The molecule has 2 heteroatoms. The molecule has 1 heterocycles. The van der Waals surface area contributed by atoms with Crippen molar-refractivity contribution < 1.29 is 0 Å². The molecule has 3 rings (SSSR count). The van der Waals surface area contributed by atoms with Gasteiger partial charge in [0, 0.05) is 37.6 Å². The Hall–Kier alpha value is -0.860. The van der Waals surface area contributed by atoms with Crippen LogP contribution in [0.15, 0.2) is 30.3 Å². The van der Waals surface area contributed by atoms with Gasteiger partial charge in [-0.05, 0) is 24.3 Å². The second-order valence-electron chi connectivity index (χ2n) is 6.60. The molecule has 1 aliphatic carbocycles. The molecular weight excluding hydrogens is 232 g/mol. The van der Waals surface area contributed by atoms with Crippen LogP contribution in [0.4, 0.5) is 0 Å². The molecule has 1 saturated heterocycles. The van der Waals surface area contributed by atoms with Crippen LogP contribution in [0.5, 0.6) is 0 Å². The summed E-state index contributed by atoms with van der Waals surface area (Å²) in [5.74, 6) is 1.58. The van der Waals surface area contributed by atoms with Gasteiger partial charge in [-0.15, -0.1) is 0 Å². The van der Waals surface area contributed by atoms with Gasteiger partial charge in [-0.2, -0.15) is 0 Å². The van der Waals surface area contributed by atoms with Crippen LogP contribution in [0.3, 0.4) is 0 Å². The molecule has 1 aliphatic heterocycles. The Balaban J connectivity index is 1.56. The van der Waals surface area contributed by atoms with E-state index in [1.807, 2.05) is 0 Å². The van der Waals surface area contributed by atoms with Gasteiger partial charge in [0.25, 0.3) is 0 Å². The zero-order chi connectivity index (χ0) is 13.2. The van der Waals surface area contributed by atoms with E-state index in [1.165, 1.54) is 31.5 Å². The van der Waals surface area contributed by atoms with Crippen molar-refractivity contribution in [2.75, 3.05) is 19.6 Å². The molecule has 3 unspecified atom stereocenters. The van der Waals surface area contributed by atoms with E-state index in [0.717, 1.165) is 24.4 Å². The molecule has 1 aromatic carbocycles. The fourth-order valence-corrected chi connectivity index (χ4v) is 3.52. The van der Waals surface area contributed by atoms with E-state index in [1.54, 1.807) is 0 Å². The van der Waals surface area contributed by atoms with Crippen molar-refractivity contribution >= 4 is 0 Å². The maximum absolute atomic E-state index is 3.68. The molecule has 104 valence electrons. The third-order valence-corrected chi connectivity index (χ3v) is 4.50. The van der Waals surface area contributed by atoms with Crippen molar-refractivity contribution in [3.05, 3.63) is 35.9 Å². The summed E-state index contributed by atoms with van der Waals surface area (Å²) in [7, 11) is 0. The van der Waals surface area contributed by atoms with Crippen molar-refractivity contribution in [3.63, 3.8) is 0 Å². The van der Waals surface area contributed by atoms with Gasteiger partial charge in [-0.3, -0.25) is 4.90 Å². The van der Waals surface area contributed by atoms with E-state index in [4.69, 9.17) is 0 Å². The Morgan fingerprint density at radius 2 is 2.05 bits per heavy atom. The number of hydrogen-bond donors (Lipinski definition) is 1. The minimum absolute atomic E-state index is 0.700. The van der Waals surface area contributed by atoms with Gasteiger partial charge in [0.15, 0.2) is 0 Å². The predicted molar refractivity (Wildman–Crippen MR) is 80.4 cm³/mol. The SMILES string of the molecule is CC(C)CC1CN(C2CC2c2ccccc2)CCN1. The van der Waals surface area contributed by atoms with Crippen molar-refractivity contribution in [1.82, 2.24) is 10.2 Å². The smallest absolute Gasteiger partial charge is 0.0198 e. The van der Waals surface area contributed by atoms with Gasteiger partial charge in [0.1, 0.15) is 0 Å². The van der Waals surface area contributed by atoms with E-state index in [2.05, 4.69) is 54.4 Å². The summed E-state index contributed by atoms with van der Waals surface area (Å²) in [5.41, 5.74) is 1.53. The van der Waals surface area contributed by atoms with Crippen LogP contribution in [0.2, 0.25) is 0 Å². The summed E-state index contributed by atoms with van der Waals surface area (Å²) in [6.07, 6.45) is 2.66. The second kappa shape index (κ2) is 5.64. The second-order valence-corrected chi connectivity index (χ2v) is 6.60. The first-order chi connectivity index (χ1) is 9.24. The molecule has 19 heavy (non-hydrogen) atoms. The first-order valence-electron chi connectivity index (χ1n) is 7.76. The molecule has 0 amide bonds. The number of benzene rings is 1. The normalized spacial score (nSPS) is 31.6. The van der Waals surface area contributed by atoms with Gasteiger partial charge in [0.2, 0.25) is 0 Å². The average molecular weight is 258 g/mol. The maximum atomic E-state index is 3.68. The molecule has 0 spiro atoms. The fourth-order valence-electron chi connectivity index (χ4n) is 3.52. The number of rotatable bonds is 4. The highest BCUT2D eigenvalue weighted by Crippen LogP contribution is 2.44. The van der Waals surface area contributed by atoms with E-state index in [-0.39, 0.29) is 0 Å². The van der Waals surface area contributed by atoms with Crippen LogP contribution >= 0.6 is 0 Å². The summed E-state index contributed by atoms with van der Waals surface area (Å²) in [4.78, 5) is 2.72.